The van der Waals surface area contributed by atoms with Crippen LogP contribution in [0.15, 0.2) is 12.1 Å². The summed E-state index contributed by atoms with van der Waals surface area (Å²) < 4.78 is 18.6. The summed E-state index contributed by atoms with van der Waals surface area (Å²) in [6.45, 7) is 9.35. The van der Waals surface area contributed by atoms with Crippen LogP contribution in [0, 0.1) is 11.7 Å². The largest absolute Gasteiger partial charge is 0.494 e. The molecule has 0 heterocycles. The second kappa shape index (κ2) is 5.94. The van der Waals surface area contributed by atoms with E-state index >= 15 is 0 Å². The summed E-state index contributed by atoms with van der Waals surface area (Å²) in [4.78, 5) is 2.17. The van der Waals surface area contributed by atoms with Crippen molar-refractivity contribution in [3.05, 3.63) is 17.9 Å². The van der Waals surface area contributed by atoms with E-state index in [4.69, 9.17) is 10.5 Å². The van der Waals surface area contributed by atoms with Crippen molar-refractivity contribution in [1.29, 1.82) is 0 Å². The van der Waals surface area contributed by atoms with Crippen molar-refractivity contribution in [1.82, 2.24) is 0 Å². The lowest BCUT2D eigenvalue weighted by Gasteiger charge is -2.32. The topological polar surface area (TPSA) is 38.5 Å². The number of nitrogens with zero attached hydrogens (tertiary/aromatic N) is 1. The third-order valence-electron chi connectivity index (χ3n) is 2.80. The molecule has 3 nitrogen and oxygen atoms in total. The maximum atomic E-state index is 13.5. The normalized spacial score (nSPS) is 11.1. The second-order valence-corrected chi connectivity index (χ2v) is 5.19. The lowest BCUT2D eigenvalue weighted by atomic mass is 10.1. The van der Waals surface area contributed by atoms with Crippen LogP contribution >= 0.6 is 0 Å². The van der Waals surface area contributed by atoms with E-state index < -0.39 is 5.82 Å². The Bertz CT molecular complexity index is 405. The van der Waals surface area contributed by atoms with Crippen molar-refractivity contribution < 1.29 is 9.13 Å². The zero-order chi connectivity index (χ0) is 13.9. The van der Waals surface area contributed by atoms with Gasteiger partial charge in [0.15, 0.2) is 11.6 Å². The van der Waals surface area contributed by atoms with Gasteiger partial charge in [-0.05, 0) is 19.8 Å². The van der Waals surface area contributed by atoms with Crippen molar-refractivity contribution in [3.63, 3.8) is 0 Å². The average molecular weight is 254 g/mol. The van der Waals surface area contributed by atoms with Crippen molar-refractivity contribution in [2.45, 2.75) is 33.7 Å². The molecule has 18 heavy (non-hydrogen) atoms. The molecule has 0 saturated heterocycles. The predicted molar refractivity (Wildman–Crippen MR) is 74.7 cm³/mol. The van der Waals surface area contributed by atoms with Gasteiger partial charge in [0.05, 0.1) is 18.5 Å². The summed E-state index contributed by atoms with van der Waals surface area (Å²) in [5.41, 5.74) is 7.20. The molecule has 0 spiro atoms. The van der Waals surface area contributed by atoms with Crippen LogP contribution in [-0.2, 0) is 0 Å². The number of methoxy groups -OCH3 is 1. The number of ether oxygens (including phenoxy) is 1. The summed E-state index contributed by atoms with van der Waals surface area (Å²) in [5, 5.41) is 0. The first-order chi connectivity index (χ1) is 8.36. The van der Waals surface area contributed by atoms with Gasteiger partial charge in [-0.25, -0.2) is 4.39 Å². The van der Waals surface area contributed by atoms with E-state index in [2.05, 4.69) is 32.6 Å². The SMILES string of the molecule is COc1cc(N(CC(C)C)C(C)C)c(N)cc1F. The smallest absolute Gasteiger partial charge is 0.167 e. The van der Waals surface area contributed by atoms with E-state index in [0.717, 1.165) is 12.2 Å². The molecule has 0 unspecified atom stereocenters. The average Bonchev–Trinajstić information content (AvgIpc) is 2.26. The molecule has 4 heteroatoms. The molecule has 102 valence electrons. The highest BCUT2D eigenvalue weighted by molar-refractivity contribution is 5.70. The van der Waals surface area contributed by atoms with Crippen LogP contribution in [0.2, 0.25) is 0 Å². The maximum absolute atomic E-state index is 13.5. The van der Waals surface area contributed by atoms with Gasteiger partial charge in [0.1, 0.15) is 0 Å². The second-order valence-electron chi connectivity index (χ2n) is 5.19. The van der Waals surface area contributed by atoms with Crippen LogP contribution in [-0.4, -0.2) is 19.7 Å². The molecule has 1 aromatic carbocycles. The fourth-order valence-corrected chi connectivity index (χ4v) is 1.94. The molecule has 0 fully saturated rings. The molecule has 1 rings (SSSR count). The van der Waals surface area contributed by atoms with Crippen LogP contribution in [0.1, 0.15) is 27.7 Å². The number of halogens is 1. The van der Waals surface area contributed by atoms with Crippen LogP contribution in [0.3, 0.4) is 0 Å². The lowest BCUT2D eigenvalue weighted by molar-refractivity contribution is 0.386. The highest BCUT2D eigenvalue weighted by Crippen LogP contribution is 2.32. The van der Waals surface area contributed by atoms with Crippen molar-refractivity contribution in [2.24, 2.45) is 5.92 Å². The minimum absolute atomic E-state index is 0.230. The first-order valence-corrected chi connectivity index (χ1v) is 6.26. The summed E-state index contributed by atoms with van der Waals surface area (Å²) in [6, 6.07) is 3.29. The van der Waals surface area contributed by atoms with E-state index in [1.807, 2.05) is 0 Å². The zero-order valence-corrected chi connectivity index (χ0v) is 11.8. The van der Waals surface area contributed by atoms with Gasteiger partial charge in [0.25, 0.3) is 0 Å². The molecule has 0 saturated carbocycles. The minimum Gasteiger partial charge on any atom is -0.494 e. The molecule has 2 N–H and O–H groups in total. The molecule has 0 aliphatic heterocycles. The fourth-order valence-electron chi connectivity index (χ4n) is 1.94. The van der Waals surface area contributed by atoms with Crippen LogP contribution in [0.4, 0.5) is 15.8 Å². The van der Waals surface area contributed by atoms with Crippen molar-refractivity contribution >= 4 is 11.4 Å². The Labute approximate surface area is 109 Å². The predicted octanol–water partition coefficient (Wildman–Crippen LogP) is 3.29. The van der Waals surface area contributed by atoms with E-state index in [1.54, 1.807) is 6.07 Å². The Morgan fingerprint density at radius 2 is 1.89 bits per heavy atom. The molecule has 0 amide bonds. The fraction of sp³-hybridized carbons (Fsp3) is 0.571. The number of anilines is 2. The lowest BCUT2D eigenvalue weighted by Crippen LogP contribution is -2.34. The Hall–Kier alpha value is -1.45. The highest BCUT2D eigenvalue weighted by Gasteiger charge is 2.17. The molecule has 0 aliphatic carbocycles. The van der Waals surface area contributed by atoms with Crippen molar-refractivity contribution in [3.8, 4) is 5.75 Å². The number of hydrogen-bond donors (Lipinski definition) is 1. The van der Waals surface area contributed by atoms with Crippen molar-refractivity contribution in [2.75, 3.05) is 24.3 Å². The summed E-state index contributed by atoms with van der Waals surface area (Å²) in [6.07, 6.45) is 0. The van der Waals surface area contributed by atoms with E-state index in [9.17, 15) is 4.39 Å². The third-order valence-corrected chi connectivity index (χ3v) is 2.80. The Kier molecular flexibility index (Phi) is 4.82. The summed E-state index contributed by atoms with van der Waals surface area (Å²) >= 11 is 0. The first-order valence-electron chi connectivity index (χ1n) is 6.26. The molecular weight excluding hydrogens is 231 g/mol. The number of hydrogen-bond acceptors (Lipinski definition) is 3. The molecular formula is C14H23FN2O. The van der Waals surface area contributed by atoms with Crippen LogP contribution in [0.25, 0.3) is 0 Å². The van der Waals surface area contributed by atoms with Gasteiger partial charge in [0.2, 0.25) is 0 Å². The van der Waals surface area contributed by atoms with E-state index in [0.29, 0.717) is 17.6 Å². The summed E-state index contributed by atoms with van der Waals surface area (Å²) in [5.74, 6) is 0.309. The van der Waals surface area contributed by atoms with Gasteiger partial charge in [-0.15, -0.1) is 0 Å². The molecule has 0 atom stereocenters. The summed E-state index contributed by atoms with van der Waals surface area (Å²) in [7, 11) is 1.46. The number of nitrogen functional groups attached to an aromatic ring is 1. The molecule has 0 aromatic heterocycles. The van der Waals surface area contributed by atoms with Gasteiger partial charge in [-0.1, -0.05) is 13.8 Å². The number of rotatable bonds is 5. The molecule has 0 radical (unpaired) electrons. The van der Waals surface area contributed by atoms with Gasteiger partial charge in [-0.3, -0.25) is 0 Å². The van der Waals surface area contributed by atoms with Crippen LogP contribution < -0.4 is 15.4 Å². The van der Waals surface area contributed by atoms with Gasteiger partial charge < -0.3 is 15.4 Å². The standard InChI is InChI=1S/C14H23FN2O/c1-9(2)8-17(10(3)4)13-7-14(18-5)11(15)6-12(13)16/h6-7,9-10H,8,16H2,1-5H3. The van der Waals surface area contributed by atoms with Gasteiger partial charge in [-0.2, -0.15) is 0 Å². The van der Waals surface area contributed by atoms with Gasteiger partial charge in [0, 0.05) is 24.7 Å². The Balaban J connectivity index is 3.18. The quantitative estimate of drug-likeness (QED) is 0.819. The number of nitrogens with two attached hydrogens (primary N) is 1. The van der Waals surface area contributed by atoms with E-state index in [1.165, 1.54) is 13.2 Å². The monoisotopic (exact) mass is 254 g/mol. The molecule has 0 bridgehead atoms. The molecule has 1 aromatic rings. The van der Waals surface area contributed by atoms with Crippen LogP contribution in [0.5, 0.6) is 5.75 Å². The minimum atomic E-state index is -0.424. The Morgan fingerprint density at radius 1 is 1.28 bits per heavy atom. The third kappa shape index (κ3) is 3.28. The maximum Gasteiger partial charge on any atom is 0.167 e. The number of benzene rings is 1. The zero-order valence-electron chi connectivity index (χ0n) is 11.8. The Morgan fingerprint density at radius 3 is 2.33 bits per heavy atom. The van der Waals surface area contributed by atoms with Gasteiger partial charge >= 0.3 is 0 Å². The molecule has 0 aliphatic rings. The highest BCUT2D eigenvalue weighted by atomic mass is 19.1. The van der Waals surface area contributed by atoms with E-state index in [-0.39, 0.29) is 5.75 Å². The first kappa shape index (κ1) is 14.6.